The fourth-order valence-corrected chi connectivity index (χ4v) is 2.62. The van der Waals surface area contributed by atoms with Crippen molar-refractivity contribution in [2.75, 3.05) is 20.8 Å². The molecule has 3 rings (SSSR count). The van der Waals surface area contributed by atoms with E-state index in [0.717, 1.165) is 33.3 Å². The number of benzene rings is 2. The highest BCUT2D eigenvalue weighted by molar-refractivity contribution is 6.13. The second-order valence-corrected chi connectivity index (χ2v) is 4.80. The van der Waals surface area contributed by atoms with Crippen molar-refractivity contribution < 1.29 is 19.0 Å². The lowest BCUT2D eigenvalue weighted by atomic mass is 10.1. The van der Waals surface area contributed by atoms with Crippen LogP contribution in [0.2, 0.25) is 0 Å². The summed E-state index contributed by atoms with van der Waals surface area (Å²) in [7, 11) is 3.23. The Labute approximate surface area is 128 Å². The normalized spacial score (nSPS) is 10.9. The van der Waals surface area contributed by atoms with Crippen LogP contribution in [0.25, 0.3) is 21.8 Å². The van der Waals surface area contributed by atoms with E-state index in [1.165, 1.54) is 0 Å². The Hall–Kier alpha value is -2.69. The Morgan fingerprint density at radius 1 is 0.955 bits per heavy atom. The van der Waals surface area contributed by atoms with Gasteiger partial charge in [0.1, 0.15) is 11.5 Å². The first kappa shape index (κ1) is 14.3. The van der Waals surface area contributed by atoms with Crippen LogP contribution in [0.1, 0.15) is 6.92 Å². The standard InChI is InChI=1S/C17H17NO4/c1-4-22-17(19)18-15-7-5-11(20-2)9-13(15)14-10-12(21-3)6-8-16(14)18/h5-10H,4H2,1-3H3. The maximum absolute atomic E-state index is 12.3. The number of ether oxygens (including phenoxy) is 3. The van der Waals surface area contributed by atoms with Gasteiger partial charge < -0.3 is 14.2 Å². The fraction of sp³-hybridized carbons (Fsp3) is 0.235. The Morgan fingerprint density at radius 3 is 1.86 bits per heavy atom. The van der Waals surface area contributed by atoms with E-state index in [9.17, 15) is 4.79 Å². The van der Waals surface area contributed by atoms with Crippen molar-refractivity contribution in [2.45, 2.75) is 6.92 Å². The van der Waals surface area contributed by atoms with Crippen LogP contribution in [-0.2, 0) is 4.74 Å². The molecule has 114 valence electrons. The largest absolute Gasteiger partial charge is 0.497 e. The molecule has 1 heterocycles. The third kappa shape index (κ3) is 2.15. The van der Waals surface area contributed by atoms with Gasteiger partial charge in [-0.25, -0.2) is 9.36 Å². The van der Waals surface area contributed by atoms with Gasteiger partial charge in [-0.2, -0.15) is 0 Å². The summed E-state index contributed by atoms with van der Waals surface area (Å²) in [4.78, 5) is 12.3. The van der Waals surface area contributed by atoms with Gasteiger partial charge in [-0.05, 0) is 43.3 Å². The zero-order valence-corrected chi connectivity index (χ0v) is 12.8. The van der Waals surface area contributed by atoms with Crippen LogP contribution in [-0.4, -0.2) is 31.5 Å². The van der Waals surface area contributed by atoms with Crippen molar-refractivity contribution in [1.82, 2.24) is 4.57 Å². The molecule has 0 saturated heterocycles. The monoisotopic (exact) mass is 299 g/mol. The van der Waals surface area contributed by atoms with Crippen LogP contribution in [0.4, 0.5) is 4.79 Å². The molecule has 0 aliphatic heterocycles. The fourth-order valence-electron chi connectivity index (χ4n) is 2.62. The molecule has 0 atom stereocenters. The Kier molecular flexibility index (Phi) is 3.63. The van der Waals surface area contributed by atoms with E-state index >= 15 is 0 Å². The zero-order valence-electron chi connectivity index (χ0n) is 12.8. The van der Waals surface area contributed by atoms with Gasteiger partial charge in [-0.15, -0.1) is 0 Å². The van der Waals surface area contributed by atoms with Crippen LogP contribution in [0.15, 0.2) is 36.4 Å². The molecule has 5 heteroatoms. The molecule has 0 radical (unpaired) electrons. The van der Waals surface area contributed by atoms with E-state index in [1.54, 1.807) is 25.7 Å². The molecule has 5 nitrogen and oxygen atoms in total. The summed E-state index contributed by atoms with van der Waals surface area (Å²) in [6, 6.07) is 11.2. The van der Waals surface area contributed by atoms with Crippen molar-refractivity contribution in [1.29, 1.82) is 0 Å². The summed E-state index contributed by atoms with van der Waals surface area (Å²) in [6.45, 7) is 2.12. The van der Waals surface area contributed by atoms with Gasteiger partial charge in [-0.1, -0.05) is 0 Å². The SMILES string of the molecule is CCOC(=O)n1c2ccc(OC)cc2c2cc(OC)ccc21. The van der Waals surface area contributed by atoms with Crippen LogP contribution in [0.5, 0.6) is 11.5 Å². The van der Waals surface area contributed by atoms with Gasteiger partial charge in [0.15, 0.2) is 0 Å². The molecule has 0 saturated carbocycles. The highest BCUT2D eigenvalue weighted by Crippen LogP contribution is 2.34. The lowest BCUT2D eigenvalue weighted by Gasteiger charge is -2.06. The summed E-state index contributed by atoms with van der Waals surface area (Å²) in [5, 5.41) is 1.84. The molecule has 0 fully saturated rings. The summed E-state index contributed by atoms with van der Waals surface area (Å²) in [6.07, 6.45) is -0.391. The molecule has 0 spiro atoms. The molecular formula is C17H17NO4. The minimum atomic E-state index is -0.391. The molecule has 0 aliphatic rings. The summed E-state index contributed by atoms with van der Waals surface area (Å²) in [5.74, 6) is 1.47. The molecule has 1 aromatic heterocycles. The van der Waals surface area contributed by atoms with Gasteiger partial charge in [0.2, 0.25) is 0 Å². The molecule has 22 heavy (non-hydrogen) atoms. The van der Waals surface area contributed by atoms with E-state index in [2.05, 4.69) is 0 Å². The lowest BCUT2D eigenvalue weighted by Crippen LogP contribution is -2.12. The number of aromatic nitrogens is 1. The molecule has 3 aromatic rings. The van der Waals surface area contributed by atoms with E-state index in [0.29, 0.717) is 6.61 Å². The zero-order chi connectivity index (χ0) is 15.7. The van der Waals surface area contributed by atoms with Gasteiger partial charge >= 0.3 is 6.09 Å². The van der Waals surface area contributed by atoms with Crippen molar-refractivity contribution in [2.24, 2.45) is 0 Å². The predicted octanol–water partition coefficient (Wildman–Crippen LogP) is 3.82. The number of nitrogens with zero attached hydrogens (tertiary/aromatic N) is 1. The highest BCUT2D eigenvalue weighted by atomic mass is 16.5. The summed E-state index contributed by atoms with van der Waals surface area (Å²) < 4.78 is 17.3. The van der Waals surface area contributed by atoms with Crippen molar-refractivity contribution in [3.63, 3.8) is 0 Å². The second kappa shape index (κ2) is 5.60. The van der Waals surface area contributed by atoms with Crippen LogP contribution < -0.4 is 9.47 Å². The molecule has 0 amide bonds. The first-order valence-corrected chi connectivity index (χ1v) is 7.03. The highest BCUT2D eigenvalue weighted by Gasteiger charge is 2.17. The van der Waals surface area contributed by atoms with Gasteiger partial charge in [-0.3, -0.25) is 0 Å². The van der Waals surface area contributed by atoms with Gasteiger partial charge in [0.05, 0.1) is 31.9 Å². The van der Waals surface area contributed by atoms with E-state index in [1.807, 2.05) is 36.4 Å². The second-order valence-electron chi connectivity index (χ2n) is 4.80. The first-order chi connectivity index (χ1) is 10.7. The molecule has 2 aromatic carbocycles. The molecule has 0 aliphatic carbocycles. The lowest BCUT2D eigenvalue weighted by molar-refractivity contribution is 0.156. The minimum absolute atomic E-state index is 0.326. The number of methoxy groups -OCH3 is 2. The van der Waals surface area contributed by atoms with Gasteiger partial charge in [0, 0.05) is 10.8 Å². The molecule has 0 bridgehead atoms. The van der Waals surface area contributed by atoms with Crippen molar-refractivity contribution in [3.8, 4) is 11.5 Å². The maximum Gasteiger partial charge on any atom is 0.418 e. The average Bonchev–Trinajstić information content (AvgIpc) is 2.87. The minimum Gasteiger partial charge on any atom is -0.497 e. The number of hydrogen-bond acceptors (Lipinski definition) is 4. The number of carbonyl (C=O) groups is 1. The van der Waals surface area contributed by atoms with Crippen LogP contribution >= 0.6 is 0 Å². The van der Waals surface area contributed by atoms with Crippen molar-refractivity contribution >= 4 is 27.9 Å². The van der Waals surface area contributed by atoms with Crippen molar-refractivity contribution in [3.05, 3.63) is 36.4 Å². The third-order valence-corrected chi connectivity index (χ3v) is 3.63. The Morgan fingerprint density at radius 2 is 1.45 bits per heavy atom. The average molecular weight is 299 g/mol. The third-order valence-electron chi connectivity index (χ3n) is 3.63. The number of carbonyl (C=O) groups excluding carboxylic acids is 1. The summed E-state index contributed by atoms with van der Waals surface area (Å²) in [5.41, 5.74) is 1.56. The molecule has 0 unspecified atom stereocenters. The number of rotatable bonds is 3. The number of fused-ring (bicyclic) bond motifs is 3. The molecular weight excluding hydrogens is 282 g/mol. The van der Waals surface area contributed by atoms with E-state index < -0.39 is 6.09 Å². The van der Waals surface area contributed by atoms with Gasteiger partial charge in [0.25, 0.3) is 0 Å². The first-order valence-electron chi connectivity index (χ1n) is 7.03. The summed E-state index contributed by atoms with van der Waals surface area (Å²) >= 11 is 0. The molecule has 0 N–H and O–H groups in total. The Balaban J connectivity index is 2.38. The number of hydrogen-bond donors (Lipinski definition) is 0. The maximum atomic E-state index is 12.3. The smallest absolute Gasteiger partial charge is 0.418 e. The van der Waals surface area contributed by atoms with E-state index in [4.69, 9.17) is 14.2 Å². The van der Waals surface area contributed by atoms with Crippen LogP contribution in [0, 0.1) is 0 Å². The van der Waals surface area contributed by atoms with Crippen LogP contribution in [0.3, 0.4) is 0 Å². The van der Waals surface area contributed by atoms with E-state index in [-0.39, 0.29) is 0 Å². The quantitative estimate of drug-likeness (QED) is 0.738. The predicted molar refractivity (Wildman–Crippen MR) is 85.0 cm³/mol. The Bertz CT molecular complexity index is 789. The topological polar surface area (TPSA) is 49.7 Å².